The van der Waals surface area contributed by atoms with Gasteiger partial charge < -0.3 is 10.1 Å². The topological polar surface area (TPSA) is 68.3 Å². The third-order valence-electron chi connectivity index (χ3n) is 4.55. The Hall–Kier alpha value is -3.72. The van der Waals surface area contributed by atoms with Gasteiger partial charge in [0.2, 0.25) is 0 Å². The molecule has 0 fully saturated rings. The SMILES string of the molecule is O=C(COC(=O)c1cc(-c2cccs2)nc2ccccc12)Nc1ccccc1C(F)(F)F. The average Bonchev–Trinajstić information content (AvgIpc) is 3.31. The van der Waals surface area contributed by atoms with Gasteiger partial charge in [-0.2, -0.15) is 13.2 Å². The number of esters is 1. The van der Waals surface area contributed by atoms with Crippen molar-refractivity contribution in [2.45, 2.75) is 6.18 Å². The maximum absolute atomic E-state index is 13.1. The smallest absolute Gasteiger partial charge is 0.418 e. The van der Waals surface area contributed by atoms with Crippen molar-refractivity contribution in [1.82, 2.24) is 4.98 Å². The number of alkyl halides is 3. The highest BCUT2D eigenvalue weighted by Crippen LogP contribution is 2.34. The van der Waals surface area contributed by atoms with E-state index in [0.717, 1.165) is 17.0 Å². The minimum absolute atomic E-state index is 0.211. The minimum Gasteiger partial charge on any atom is -0.452 e. The van der Waals surface area contributed by atoms with Gasteiger partial charge in [-0.15, -0.1) is 11.3 Å². The van der Waals surface area contributed by atoms with Crippen LogP contribution in [0.3, 0.4) is 0 Å². The Kier molecular flexibility index (Phi) is 5.91. The van der Waals surface area contributed by atoms with Gasteiger partial charge in [0.05, 0.1) is 32.9 Å². The Morgan fingerprint density at radius 3 is 2.50 bits per heavy atom. The van der Waals surface area contributed by atoms with Crippen LogP contribution in [0.25, 0.3) is 21.5 Å². The van der Waals surface area contributed by atoms with Crippen molar-refractivity contribution in [3.63, 3.8) is 0 Å². The number of para-hydroxylation sites is 2. The van der Waals surface area contributed by atoms with Crippen LogP contribution in [-0.4, -0.2) is 23.5 Å². The number of anilines is 1. The van der Waals surface area contributed by atoms with Gasteiger partial charge in [-0.25, -0.2) is 9.78 Å². The quantitative estimate of drug-likeness (QED) is 0.387. The summed E-state index contributed by atoms with van der Waals surface area (Å²) in [6, 6.07) is 16.9. The maximum atomic E-state index is 13.1. The fourth-order valence-corrected chi connectivity index (χ4v) is 3.82. The lowest BCUT2D eigenvalue weighted by Crippen LogP contribution is -2.23. The first-order valence-corrected chi connectivity index (χ1v) is 10.3. The monoisotopic (exact) mass is 456 g/mol. The highest BCUT2D eigenvalue weighted by Gasteiger charge is 2.33. The molecule has 0 saturated carbocycles. The first-order chi connectivity index (χ1) is 15.3. The molecular weight excluding hydrogens is 441 g/mol. The molecule has 2 aromatic carbocycles. The molecule has 2 aromatic heterocycles. The number of pyridine rings is 1. The summed E-state index contributed by atoms with van der Waals surface area (Å²) >= 11 is 1.46. The molecule has 0 saturated heterocycles. The molecule has 1 N–H and O–H groups in total. The van der Waals surface area contributed by atoms with E-state index in [9.17, 15) is 22.8 Å². The van der Waals surface area contributed by atoms with E-state index in [1.165, 1.54) is 23.5 Å². The standard InChI is InChI=1S/C23H15F3N2O3S/c24-23(25,26)16-7-2-4-9-18(16)28-21(29)13-31-22(30)15-12-19(20-10-5-11-32-20)27-17-8-3-1-6-14(15)17/h1-12H,13H2,(H,28,29). The van der Waals surface area contributed by atoms with Gasteiger partial charge in [0, 0.05) is 5.39 Å². The minimum atomic E-state index is -4.63. The van der Waals surface area contributed by atoms with Crippen molar-refractivity contribution >= 4 is 39.8 Å². The number of fused-ring (bicyclic) bond motifs is 1. The van der Waals surface area contributed by atoms with Crippen LogP contribution in [0.5, 0.6) is 0 Å². The Bertz CT molecular complexity index is 1290. The number of hydrogen-bond donors (Lipinski definition) is 1. The average molecular weight is 456 g/mol. The van der Waals surface area contributed by atoms with Gasteiger partial charge in [-0.1, -0.05) is 36.4 Å². The van der Waals surface area contributed by atoms with E-state index >= 15 is 0 Å². The summed E-state index contributed by atoms with van der Waals surface area (Å²) in [7, 11) is 0. The van der Waals surface area contributed by atoms with Crippen molar-refractivity contribution < 1.29 is 27.5 Å². The number of hydrogen-bond acceptors (Lipinski definition) is 5. The van der Waals surface area contributed by atoms with E-state index < -0.39 is 35.9 Å². The lowest BCUT2D eigenvalue weighted by Gasteiger charge is -2.14. The predicted octanol–water partition coefficient (Wildman–Crippen LogP) is 5.78. The number of benzene rings is 2. The third-order valence-corrected chi connectivity index (χ3v) is 5.44. The molecule has 32 heavy (non-hydrogen) atoms. The van der Waals surface area contributed by atoms with Crippen molar-refractivity contribution in [2.75, 3.05) is 11.9 Å². The predicted molar refractivity (Wildman–Crippen MR) is 115 cm³/mol. The van der Waals surface area contributed by atoms with Crippen LogP contribution < -0.4 is 5.32 Å². The first kappa shape index (κ1) is 21.5. The van der Waals surface area contributed by atoms with E-state index in [1.807, 2.05) is 17.5 Å². The number of carbonyl (C=O) groups excluding carboxylic acids is 2. The number of nitrogens with zero attached hydrogens (tertiary/aromatic N) is 1. The second-order valence-corrected chi connectivity index (χ2v) is 7.66. The number of thiophene rings is 1. The largest absolute Gasteiger partial charge is 0.452 e. The van der Waals surface area contributed by atoms with Crippen LogP contribution in [0.15, 0.2) is 72.1 Å². The zero-order valence-corrected chi connectivity index (χ0v) is 17.2. The van der Waals surface area contributed by atoms with Crippen molar-refractivity contribution in [2.24, 2.45) is 0 Å². The summed E-state index contributed by atoms with van der Waals surface area (Å²) in [4.78, 5) is 30.3. The summed E-state index contributed by atoms with van der Waals surface area (Å²) in [5.41, 5.74) is -0.0265. The molecule has 2 heterocycles. The lowest BCUT2D eigenvalue weighted by molar-refractivity contribution is -0.137. The Labute approximate surface area is 184 Å². The van der Waals surface area contributed by atoms with Crippen LogP contribution in [-0.2, 0) is 15.7 Å². The highest BCUT2D eigenvalue weighted by molar-refractivity contribution is 7.13. The van der Waals surface area contributed by atoms with Crippen LogP contribution in [0.2, 0.25) is 0 Å². The second-order valence-electron chi connectivity index (χ2n) is 6.72. The second kappa shape index (κ2) is 8.80. The highest BCUT2D eigenvalue weighted by atomic mass is 32.1. The van der Waals surface area contributed by atoms with E-state index in [-0.39, 0.29) is 5.56 Å². The molecule has 4 aromatic rings. The number of carbonyl (C=O) groups is 2. The Balaban J connectivity index is 1.53. The number of amides is 1. The maximum Gasteiger partial charge on any atom is 0.418 e. The third kappa shape index (κ3) is 4.62. The first-order valence-electron chi connectivity index (χ1n) is 9.40. The summed E-state index contributed by atoms with van der Waals surface area (Å²) in [5.74, 6) is -1.66. The number of nitrogens with one attached hydrogen (secondary N) is 1. The molecule has 4 rings (SSSR count). The molecule has 0 bridgehead atoms. The van der Waals surface area contributed by atoms with Crippen molar-refractivity contribution in [3.05, 3.63) is 83.2 Å². The van der Waals surface area contributed by atoms with Gasteiger partial charge in [-0.3, -0.25) is 4.79 Å². The van der Waals surface area contributed by atoms with Crippen molar-refractivity contribution in [1.29, 1.82) is 0 Å². The van der Waals surface area contributed by atoms with Crippen LogP contribution in [0.4, 0.5) is 18.9 Å². The molecule has 0 unspecified atom stereocenters. The summed E-state index contributed by atoms with van der Waals surface area (Å²) in [6.07, 6.45) is -4.63. The molecule has 9 heteroatoms. The van der Waals surface area contributed by atoms with Crippen LogP contribution in [0, 0.1) is 0 Å². The zero-order chi connectivity index (χ0) is 22.7. The fourth-order valence-electron chi connectivity index (χ4n) is 3.13. The van der Waals surface area contributed by atoms with Crippen LogP contribution in [0.1, 0.15) is 15.9 Å². The molecule has 162 valence electrons. The van der Waals surface area contributed by atoms with E-state index in [2.05, 4.69) is 10.3 Å². The van der Waals surface area contributed by atoms with Crippen molar-refractivity contribution in [3.8, 4) is 10.6 Å². The van der Waals surface area contributed by atoms with Gasteiger partial charge >= 0.3 is 12.1 Å². The van der Waals surface area contributed by atoms with Gasteiger partial charge in [0.1, 0.15) is 0 Å². The van der Waals surface area contributed by atoms with Crippen LogP contribution >= 0.6 is 11.3 Å². The number of rotatable bonds is 5. The molecule has 0 radical (unpaired) electrons. The van der Waals surface area contributed by atoms with Gasteiger partial charge in [-0.05, 0) is 35.7 Å². The van der Waals surface area contributed by atoms with Gasteiger partial charge in [0.25, 0.3) is 5.91 Å². The van der Waals surface area contributed by atoms with E-state index in [0.29, 0.717) is 16.6 Å². The van der Waals surface area contributed by atoms with E-state index in [1.54, 1.807) is 30.3 Å². The molecule has 0 aliphatic rings. The molecule has 1 amide bonds. The summed E-state index contributed by atoms with van der Waals surface area (Å²) < 4.78 is 44.4. The lowest BCUT2D eigenvalue weighted by atomic mass is 10.1. The fraction of sp³-hybridized carbons (Fsp3) is 0.0870. The molecule has 5 nitrogen and oxygen atoms in total. The van der Waals surface area contributed by atoms with Gasteiger partial charge in [0.15, 0.2) is 6.61 Å². The summed E-state index contributed by atoms with van der Waals surface area (Å²) in [6.45, 7) is -0.740. The number of halogens is 3. The Morgan fingerprint density at radius 2 is 1.75 bits per heavy atom. The number of ether oxygens (including phenoxy) is 1. The molecule has 0 aliphatic heterocycles. The molecule has 0 spiro atoms. The molecule has 0 aliphatic carbocycles. The molecular formula is C23H15F3N2O3S. The van der Waals surface area contributed by atoms with E-state index in [4.69, 9.17) is 4.74 Å². The Morgan fingerprint density at radius 1 is 1.00 bits per heavy atom. The normalized spacial score (nSPS) is 11.3. The zero-order valence-electron chi connectivity index (χ0n) is 16.3. The molecule has 0 atom stereocenters. The summed E-state index contributed by atoms with van der Waals surface area (Å²) in [5, 5.41) is 4.57. The number of aromatic nitrogens is 1.